The maximum atomic E-state index is 14.4. The fraction of sp³-hybridized carbons (Fsp3) is 0.853. The number of rotatable bonds is 12. The Hall–Kier alpha value is -2.78. The number of nitrogens with zero attached hydrogens (tertiary/aromatic N) is 3. The molecule has 4 rings (SSSR count). The van der Waals surface area contributed by atoms with E-state index in [1.54, 1.807) is 0 Å². The lowest BCUT2D eigenvalue weighted by Gasteiger charge is -2.39. The van der Waals surface area contributed by atoms with Crippen LogP contribution in [0.1, 0.15) is 88.5 Å². The topological polar surface area (TPSA) is 177 Å². The number of likely N-dealkylation sites (tertiary alicyclic amines) is 1. The fourth-order valence-corrected chi connectivity index (χ4v) is 9.25. The number of carbonyl (C=O) groups excluding carboxylic acids is 5. The lowest BCUT2D eigenvalue weighted by molar-refractivity contribution is -0.145. The summed E-state index contributed by atoms with van der Waals surface area (Å²) in [5.41, 5.74) is -1.47. The zero-order valence-corrected chi connectivity index (χ0v) is 32.0. The highest BCUT2D eigenvalue weighted by Crippen LogP contribution is 2.65. The van der Waals surface area contributed by atoms with E-state index in [1.807, 2.05) is 55.4 Å². The number of Topliss-reactive ketones (excluding diaryl/α,β-unsaturated/α-hetero) is 1. The molecule has 5 amide bonds. The molecule has 0 spiro atoms. The summed E-state index contributed by atoms with van der Waals surface area (Å²) in [7, 11) is -2.31. The summed E-state index contributed by atoms with van der Waals surface area (Å²) in [5, 5.41) is 11.0. The minimum absolute atomic E-state index is 0.0660. The van der Waals surface area contributed by atoms with Gasteiger partial charge in [-0.3, -0.25) is 19.2 Å². The van der Waals surface area contributed by atoms with Gasteiger partial charge in [0.1, 0.15) is 12.1 Å². The summed E-state index contributed by atoms with van der Waals surface area (Å²) in [4.78, 5) is 68.8. The Bertz CT molecular complexity index is 1430. The van der Waals surface area contributed by atoms with Gasteiger partial charge in [-0.2, -0.15) is 17.0 Å². The SMILES string of the molecule is CNC(=O)C(=O)C(CC1CC1)NC(=O)[C@@H]1[C@@H]2[C@H](CN1C(=O)[C@@H](NC(=O)N[C@H](CN1CCN(C(C)C)S1(=O)=O)C(C)(C)C)C(C)(C)C)C2(C)C. The third kappa shape index (κ3) is 8.24. The van der Waals surface area contributed by atoms with E-state index in [0.717, 1.165) is 12.8 Å². The van der Waals surface area contributed by atoms with Crippen molar-refractivity contribution in [2.45, 2.75) is 119 Å². The van der Waals surface area contributed by atoms with Gasteiger partial charge in [0.2, 0.25) is 17.6 Å². The number of fused-ring (bicyclic) bond motifs is 1. The van der Waals surface area contributed by atoms with Crippen LogP contribution in [0.15, 0.2) is 0 Å². The Morgan fingerprint density at radius 2 is 1.51 bits per heavy atom. The molecule has 0 aromatic rings. The second kappa shape index (κ2) is 13.7. The number of ketones is 1. The van der Waals surface area contributed by atoms with Crippen LogP contribution in [0, 0.1) is 34.0 Å². The van der Waals surface area contributed by atoms with Crippen molar-refractivity contribution in [2.75, 3.05) is 33.2 Å². The van der Waals surface area contributed by atoms with E-state index in [0.29, 0.717) is 26.1 Å². The summed E-state index contributed by atoms with van der Waals surface area (Å²) in [5.74, 6) is -2.17. The number of amides is 5. The van der Waals surface area contributed by atoms with Crippen LogP contribution in [0.3, 0.4) is 0 Å². The van der Waals surface area contributed by atoms with Crippen molar-refractivity contribution < 1.29 is 32.4 Å². The molecule has 15 heteroatoms. The van der Waals surface area contributed by atoms with Crippen LogP contribution >= 0.6 is 0 Å². The molecular formula is C34H59N7O7S. The first kappa shape index (κ1) is 39.0. The number of likely N-dealkylation sites (N-methyl/N-ethyl adjacent to an activating group) is 1. The molecule has 49 heavy (non-hydrogen) atoms. The van der Waals surface area contributed by atoms with E-state index >= 15 is 0 Å². The molecule has 1 unspecified atom stereocenters. The average molecular weight is 710 g/mol. The number of hydrogen-bond acceptors (Lipinski definition) is 7. The molecule has 0 radical (unpaired) electrons. The highest BCUT2D eigenvalue weighted by atomic mass is 32.2. The first-order chi connectivity index (χ1) is 22.4. The molecular weight excluding hydrogens is 650 g/mol. The summed E-state index contributed by atoms with van der Waals surface area (Å²) >= 11 is 0. The number of carbonyl (C=O) groups is 5. The highest BCUT2D eigenvalue weighted by Gasteiger charge is 2.70. The Morgan fingerprint density at radius 3 is 2.00 bits per heavy atom. The third-order valence-electron chi connectivity index (χ3n) is 11.0. The van der Waals surface area contributed by atoms with E-state index < -0.39 is 74.7 Å². The second-order valence-corrected chi connectivity index (χ2v) is 19.4. The quantitative estimate of drug-likeness (QED) is 0.222. The molecule has 2 saturated heterocycles. The van der Waals surface area contributed by atoms with Crippen molar-refractivity contribution in [3.8, 4) is 0 Å². The van der Waals surface area contributed by atoms with Gasteiger partial charge < -0.3 is 26.2 Å². The third-order valence-corrected chi connectivity index (χ3v) is 13.2. The molecule has 2 saturated carbocycles. The second-order valence-electron chi connectivity index (χ2n) is 17.5. The zero-order chi connectivity index (χ0) is 37.0. The summed E-state index contributed by atoms with van der Waals surface area (Å²) in [6.07, 6.45) is 2.23. The van der Waals surface area contributed by atoms with Gasteiger partial charge in [0.15, 0.2) is 0 Å². The predicted octanol–water partition coefficient (Wildman–Crippen LogP) is 1.47. The Morgan fingerprint density at radius 1 is 0.898 bits per heavy atom. The molecule has 2 aliphatic heterocycles. The molecule has 14 nitrogen and oxygen atoms in total. The highest BCUT2D eigenvalue weighted by molar-refractivity contribution is 7.87. The zero-order valence-electron chi connectivity index (χ0n) is 31.2. The van der Waals surface area contributed by atoms with Gasteiger partial charge in [0.05, 0.1) is 6.04 Å². The molecule has 2 aliphatic carbocycles. The minimum Gasteiger partial charge on any atom is -0.353 e. The average Bonchev–Trinajstić information content (AvgIpc) is 3.78. The lowest BCUT2D eigenvalue weighted by atomic mass is 9.85. The normalized spacial score (nSPS) is 26.8. The molecule has 0 aromatic carbocycles. The van der Waals surface area contributed by atoms with Crippen LogP contribution in [0.25, 0.3) is 0 Å². The van der Waals surface area contributed by atoms with Crippen LogP contribution in [-0.2, 0) is 29.4 Å². The van der Waals surface area contributed by atoms with Gasteiger partial charge in [-0.15, -0.1) is 0 Å². The molecule has 4 aliphatic rings. The summed E-state index contributed by atoms with van der Waals surface area (Å²) in [6, 6.07) is -4.26. The fourth-order valence-electron chi connectivity index (χ4n) is 7.45. The first-order valence-corrected chi connectivity index (χ1v) is 19.0. The lowest BCUT2D eigenvalue weighted by Crippen LogP contribution is -2.62. The van der Waals surface area contributed by atoms with Crippen LogP contribution in [0.5, 0.6) is 0 Å². The smallest absolute Gasteiger partial charge is 0.315 e. The number of nitrogens with one attached hydrogen (secondary N) is 4. The minimum atomic E-state index is -3.69. The largest absolute Gasteiger partial charge is 0.353 e. The monoisotopic (exact) mass is 709 g/mol. The standard InChI is InChI=1S/C34H59N7O7S/c1-19(2)41-15-14-39(49(41,47)48)18-23(32(3,4)5)37-31(46)38-27(33(6,7)8)30(45)40-17-21-24(34(21,9)10)25(40)28(43)36-22(16-20-12-13-20)26(42)29(44)35-11/h19-25,27H,12-18H2,1-11H3,(H,35,44)(H,36,43)(H2,37,38,46)/t21-,22?,23+,24-,25-,27+/m0/s1. The Balaban J connectivity index is 1.52. The van der Waals surface area contributed by atoms with E-state index in [-0.39, 0.29) is 35.8 Å². The van der Waals surface area contributed by atoms with Crippen molar-refractivity contribution in [2.24, 2.45) is 34.0 Å². The molecule has 4 fully saturated rings. The number of piperidine rings is 1. The van der Waals surface area contributed by atoms with Crippen molar-refractivity contribution in [3.63, 3.8) is 0 Å². The van der Waals surface area contributed by atoms with Crippen molar-refractivity contribution in [3.05, 3.63) is 0 Å². The van der Waals surface area contributed by atoms with Crippen LogP contribution in [0.2, 0.25) is 0 Å². The van der Waals surface area contributed by atoms with Crippen molar-refractivity contribution in [1.29, 1.82) is 0 Å². The van der Waals surface area contributed by atoms with Crippen LogP contribution in [-0.4, -0.2) is 115 Å². The maximum Gasteiger partial charge on any atom is 0.315 e. The van der Waals surface area contributed by atoms with Gasteiger partial charge in [-0.25, -0.2) is 4.79 Å². The van der Waals surface area contributed by atoms with Crippen LogP contribution < -0.4 is 21.3 Å². The van der Waals surface area contributed by atoms with Gasteiger partial charge in [0, 0.05) is 45.3 Å². The molecule has 278 valence electrons. The Kier molecular flexibility index (Phi) is 10.9. The van der Waals surface area contributed by atoms with E-state index in [2.05, 4.69) is 35.1 Å². The number of hydrogen-bond donors (Lipinski definition) is 4. The van der Waals surface area contributed by atoms with Gasteiger partial charge >= 0.3 is 6.03 Å². The maximum absolute atomic E-state index is 14.4. The van der Waals surface area contributed by atoms with Gasteiger partial charge in [-0.05, 0) is 54.3 Å². The van der Waals surface area contributed by atoms with Gasteiger partial charge in [-0.1, -0.05) is 68.2 Å². The molecule has 4 N–H and O–H groups in total. The van der Waals surface area contributed by atoms with Gasteiger partial charge in [0.25, 0.3) is 16.1 Å². The molecule has 2 heterocycles. The van der Waals surface area contributed by atoms with Crippen LogP contribution in [0.4, 0.5) is 4.79 Å². The number of urea groups is 1. The summed E-state index contributed by atoms with van der Waals surface area (Å²) < 4.78 is 29.2. The molecule has 0 bridgehead atoms. The predicted molar refractivity (Wildman–Crippen MR) is 185 cm³/mol. The van der Waals surface area contributed by atoms with E-state index in [1.165, 1.54) is 20.6 Å². The first-order valence-electron chi connectivity index (χ1n) is 17.6. The van der Waals surface area contributed by atoms with E-state index in [4.69, 9.17) is 0 Å². The summed E-state index contributed by atoms with van der Waals surface area (Å²) in [6.45, 7) is 20.1. The van der Waals surface area contributed by atoms with Crippen molar-refractivity contribution >= 4 is 39.7 Å². The molecule has 6 atom stereocenters. The van der Waals surface area contributed by atoms with Crippen molar-refractivity contribution in [1.82, 2.24) is 34.8 Å². The Labute approximate surface area is 292 Å². The van der Waals surface area contributed by atoms with E-state index in [9.17, 15) is 32.4 Å². The molecule has 0 aromatic heterocycles.